The van der Waals surface area contributed by atoms with Gasteiger partial charge in [-0.05, 0) is 111 Å². The van der Waals surface area contributed by atoms with Gasteiger partial charge in [-0.15, -0.1) is 6.42 Å². The molecule has 2 aromatic carbocycles. The van der Waals surface area contributed by atoms with Crippen molar-refractivity contribution in [2.24, 2.45) is 28.2 Å². The molecule has 2 aliphatic heterocycles. The molecule has 23 heteroatoms. The number of hydrogen-bond donors (Lipinski definition) is 2. The van der Waals surface area contributed by atoms with Crippen LogP contribution in [-0.4, -0.2) is 129 Å². The summed E-state index contributed by atoms with van der Waals surface area (Å²) >= 11 is 2.35. The highest BCUT2D eigenvalue weighted by Crippen LogP contribution is 2.17. The highest BCUT2D eigenvalue weighted by molar-refractivity contribution is 14.1. The molecule has 2 N–H and O–H groups in total. The van der Waals surface area contributed by atoms with E-state index in [0.29, 0.717) is 0 Å². The van der Waals surface area contributed by atoms with Gasteiger partial charge in [0.15, 0.2) is 22.3 Å². The second-order valence-corrected chi connectivity index (χ2v) is 22.6. The molecule has 0 radical (unpaired) electrons. The van der Waals surface area contributed by atoms with Crippen LogP contribution in [0.3, 0.4) is 0 Å². The van der Waals surface area contributed by atoms with Crippen LogP contribution in [-0.2, 0) is 61.0 Å². The Morgan fingerprint density at radius 1 is 0.620 bits per heavy atom. The SMILES string of the molecule is C#CCn1c(=O)n(C)c(=O)c2c1nc(S(C)(=O)=O)n2C.Cn1c(=O)c2c(nc(S(C)(=O)=O)n2C)n(CC#Cc2cccc(NCCN3CCCCC3)c2)c1=O.Ic1cccc(NCCN2CCCCC2)c1. The maximum absolute atomic E-state index is 12.8. The van der Waals surface area contributed by atoms with Crippen LogP contribution in [0.15, 0.2) is 78.0 Å². The minimum atomic E-state index is -3.70. The van der Waals surface area contributed by atoms with Crippen LogP contribution >= 0.6 is 22.6 Å². The molecular weight excluding hydrogens is 1060 g/mol. The zero-order valence-corrected chi connectivity index (χ0v) is 44.7. The van der Waals surface area contributed by atoms with Gasteiger partial charge < -0.3 is 29.6 Å². The van der Waals surface area contributed by atoms with Crippen molar-refractivity contribution in [1.82, 2.24) is 47.2 Å². The first-order valence-electron chi connectivity index (χ1n) is 23.1. The molecule has 6 aromatic rings. The zero-order chi connectivity index (χ0) is 51.6. The van der Waals surface area contributed by atoms with Gasteiger partial charge in [0, 0.05) is 87.4 Å². The molecule has 0 bridgehead atoms. The first kappa shape index (κ1) is 54.3. The summed E-state index contributed by atoms with van der Waals surface area (Å²) in [5.74, 6) is 8.29. The topological polar surface area (TPSA) is 222 Å². The second kappa shape index (κ2) is 24.0. The van der Waals surface area contributed by atoms with E-state index >= 15 is 0 Å². The molecule has 6 heterocycles. The van der Waals surface area contributed by atoms with Gasteiger partial charge in [0.25, 0.3) is 11.1 Å². The van der Waals surface area contributed by atoms with E-state index in [9.17, 15) is 36.0 Å². The molecule has 0 aliphatic carbocycles. The average molecular weight is 1130 g/mol. The molecule has 4 aromatic heterocycles. The van der Waals surface area contributed by atoms with Crippen LogP contribution in [0.5, 0.6) is 0 Å². The van der Waals surface area contributed by atoms with Gasteiger partial charge in [-0.25, -0.2) is 26.4 Å². The van der Waals surface area contributed by atoms with Gasteiger partial charge in [0.1, 0.15) is 0 Å². The number of piperidine rings is 2. The lowest BCUT2D eigenvalue weighted by Crippen LogP contribution is -2.38. The number of hydrogen-bond acceptors (Lipinski definition) is 14. The fourth-order valence-electron chi connectivity index (χ4n) is 8.47. The number of anilines is 2. The summed E-state index contributed by atoms with van der Waals surface area (Å²) in [5, 5.41) is 6.36. The fraction of sp³-hybridized carbons (Fsp3) is 0.458. The van der Waals surface area contributed by atoms with Gasteiger partial charge in [0.2, 0.25) is 30.0 Å². The Morgan fingerprint density at radius 3 is 1.49 bits per heavy atom. The maximum atomic E-state index is 12.8. The number of halogens is 1. The third kappa shape index (κ3) is 13.5. The van der Waals surface area contributed by atoms with E-state index < -0.39 is 42.2 Å². The summed E-state index contributed by atoms with van der Waals surface area (Å²) in [6, 6.07) is 16.3. The summed E-state index contributed by atoms with van der Waals surface area (Å²) < 4.78 is 55.3. The Hall–Kier alpha value is -5.99. The number of aryl methyl sites for hydroxylation is 2. The number of imidazole rings is 2. The number of sulfone groups is 2. The van der Waals surface area contributed by atoms with E-state index in [0.717, 1.165) is 74.8 Å². The Morgan fingerprint density at radius 2 is 1.06 bits per heavy atom. The number of rotatable bonds is 12. The van der Waals surface area contributed by atoms with Crippen LogP contribution in [0.1, 0.15) is 44.1 Å². The van der Waals surface area contributed by atoms with Crippen LogP contribution < -0.4 is 33.1 Å². The smallest absolute Gasteiger partial charge is 0.333 e. The lowest BCUT2D eigenvalue weighted by Gasteiger charge is -2.26. The van der Waals surface area contributed by atoms with Gasteiger partial charge in [-0.3, -0.25) is 27.9 Å². The number of fused-ring (bicyclic) bond motifs is 2. The molecule has 71 heavy (non-hydrogen) atoms. The summed E-state index contributed by atoms with van der Waals surface area (Å²) in [6.07, 6.45) is 15.2. The van der Waals surface area contributed by atoms with E-state index in [1.807, 2.05) is 24.3 Å². The molecule has 0 atom stereocenters. The lowest BCUT2D eigenvalue weighted by molar-refractivity contribution is 0.237. The molecule has 0 unspecified atom stereocenters. The molecule has 0 spiro atoms. The number of nitrogens with zero attached hydrogens (tertiary/aromatic N) is 10. The molecule has 0 saturated carbocycles. The van der Waals surface area contributed by atoms with Crippen molar-refractivity contribution in [1.29, 1.82) is 0 Å². The Bertz CT molecular complexity index is 3490. The highest BCUT2D eigenvalue weighted by atomic mass is 127. The molecule has 0 amide bonds. The number of aromatic nitrogens is 8. The summed E-state index contributed by atoms with van der Waals surface area (Å²) in [7, 11) is -1.84. The van der Waals surface area contributed by atoms with Crippen LogP contribution in [0, 0.1) is 27.8 Å². The van der Waals surface area contributed by atoms with E-state index in [2.05, 4.69) is 95.0 Å². The van der Waals surface area contributed by atoms with Gasteiger partial charge in [-0.2, -0.15) is 9.97 Å². The number of likely N-dealkylation sites (tertiary alicyclic amines) is 2. The van der Waals surface area contributed by atoms with Crippen LogP contribution in [0.25, 0.3) is 22.3 Å². The molecule has 8 rings (SSSR count). The standard InChI is InChI=1S/C24H30N6O4S.C13H19IN2.C11H12N4O4S/c1-27-20-21(26-23(27)35(3,33)34)30(24(32)28(2)22(20)31)15-8-10-18-9-7-11-19(17-18)25-12-16-29-13-5-4-6-14-29;14-12-5-4-6-13(11-12)15-7-10-16-8-2-1-3-9-16;1-5-6-15-8-7(9(16)14(3)11(15)17)13(2)10(12-8)20(4,18)19/h7,9,11,17,25H,4-6,12-16H2,1-3H3;4-6,11,15H,1-3,7-10H2;1H,6H2,2-4H3. The molecule has 380 valence electrons. The molecule has 2 aliphatic rings. The van der Waals surface area contributed by atoms with Crippen molar-refractivity contribution in [3.05, 3.63) is 99.3 Å². The second-order valence-electron chi connectivity index (χ2n) is 17.5. The van der Waals surface area contributed by atoms with Crippen molar-refractivity contribution < 1.29 is 16.8 Å². The number of benzene rings is 2. The fourth-order valence-corrected chi connectivity index (χ4v) is 10.7. The predicted octanol–water partition coefficient (Wildman–Crippen LogP) is 2.45. The molecule has 2 saturated heterocycles. The highest BCUT2D eigenvalue weighted by Gasteiger charge is 2.25. The summed E-state index contributed by atoms with van der Waals surface area (Å²) in [6.45, 7) is 8.82. The third-order valence-corrected chi connectivity index (χ3v) is 14.8. The molecular formula is C48H61IN12O8S2. The first-order valence-corrected chi connectivity index (χ1v) is 28.0. The Kier molecular flexibility index (Phi) is 18.3. The van der Waals surface area contributed by atoms with Crippen LogP contribution in [0.2, 0.25) is 0 Å². The predicted molar refractivity (Wildman–Crippen MR) is 286 cm³/mol. The number of nitrogens with one attached hydrogen (secondary N) is 2. The van der Waals surface area contributed by atoms with Crippen molar-refractivity contribution in [3.63, 3.8) is 0 Å². The lowest BCUT2D eigenvalue weighted by atomic mass is 10.1. The summed E-state index contributed by atoms with van der Waals surface area (Å²) in [4.78, 5) is 62.5. The van der Waals surface area contributed by atoms with Gasteiger partial charge >= 0.3 is 11.4 Å². The Labute approximate surface area is 426 Å². The number of terminal acetylenes is 1. The first-order chi connectivity index (χ1) is 33.7. The van der Waals surface area contributed by atoms with Crippen molar-refractivity contribution >= 4 is 76.0 Å². The minimum Gasteiger partial charge on any atom is -0.384 e. The largest absolute Gasteiger partial charge is 0.384 e. The van der Waals surface area contributed by atoms with Crippen LogP contribution in [0.4, 0.5) is 11.4 Å². The minimum absolute atomic E-state index is 0.00320. The van der Waals surface area contributed by atoms with E-state index in [-0.39, 0.29) is 45.7 Å². The van der Waals surface area contributed by atoms with Crippen molar-refractivity contribution in [2.45, 2.75) is 61.9 Å². The van der Waals surface area contributed by atoms with Crippen molar-refractivity contribution in [3.8, 4) is 24.2 Å². The van der Waals surface area contributed by atoms with E-state index in [4.69, 9.17) is 6.42 Å². The third-order valence-electron chi connectivity index (χ3n) is 12.1. The molecule has 2 fully saturated rings. The monoisotopic (exact) mass is 1120 g/mol. The quantitative estimate of drug-likeness (QED) is 0.133. The Balaban J connectivity index is 0.000000193. The maximum Gasteiger partial charge on any atom is 0.333 e. The zero-order valence-electron chi connectivity index (χ0n) is 40.9. The normalized spacial score (nSPS) is 14.4. The average Bonchev–Trinajstić information content (AvgIpc) is 3.88. The van der Waals surface area contributed by atoms with Crippen molar-refractivity contribution in [2.75, 3.05) is 75.5 Å². The van der Waals surface area contributed by atoms with E-state index in [1.165, 1.54) is 105 Å². The summed E-state index contributed by atoms with van der Waals surface area (Å²) in [5.41, 5.74) is 0.536. The molecule has 20 nitrogen and oxygen atoms in total. The van der Waals surface area contributed by atoms with Gasteiger partial charge in [-0.1, -0.05) is 42.7 Å². The van der Waals surface area contributed by atoms with Gasteiger partial charge in [0.05, 0.1) is 13.1 Å². The van der Waals surface area contributed by atoms with E-state index in [1.54, 1.807) is 0 Å².